The number of carboxylic acids is 1. The van der Waals surface area contributed by atoms with Crippen LogP contribution in [0.25, 0.3) is 5.65 Å². The van der Waals surface area contributed by atoms with Gasteiger partial charge >= 0.3 is 5.97 Å². The van der Waals surface area contributed by atoms with E-state index in [1.807, 2.05) is 19.1 Å². The molecule has 20 heavy (non-hydrogen) atoms. The Hall–Kier alpha value is -2.18. The molecule has 1 saturated carbocycles. The van der Waals surface area contributed by atoms with Crippen molar-refractivity contribution in [1.29, 1.82) is 0 Å². The summed E-state index contributed by atoms with van der Waals surface area (Å²) in [5.41, 5.74) is 0.725. The minimum absolute atomic E-state index is 0.191. The summed E-state index contributed by atoms with van der Waals surface area (Å²) in [6.45, 7) is 1.86. The summed E-state index contributed by atoms with van der Waals surface area (Å²) in [6.07, 6.45) is 3.16. The minimum Gasteiger partial charge on any atom is -0.481 e. The smallest absolute Gasteiger partial charge is 0.306 e. The minimum atomic E-state index is -0.678. The van der Waals surface area contributed by atoms with Crippen molar-refractivity contribution in [2.75, 3.05) is 5.32 Å². The van der Waals surface area contributed by atoms with Crippen molar-refractivity contribution >= 4 is 17.4 Å². The Balaban J connectivity index is 1.68. The third-order valence-corrected chi connectivity index (χ3v) is 3.85. The van der Waals surface area contributed by atoms with Gasteiger partial charge in [-0.15, -0.1) is 15.3 Å². The molecule has 1 aliphatic carbocycles. The highest BCUT2D eigenvalue weighted by atomic mass is 16.4. The van der Waals surface area contributed by atoms with Crippen LogP contribution in [0.5, 0.6) is 0 Å². The van der Waals surface area contributed by atoms with E-state index in [1.54, 1.807) is 4.52 Å². The van der Waals surface area contributed by atoms with Crippen molar-refractivity contribution in [1.82, 2.24) is 19.8 Å². The number of aromatic nitrogens is 4. The number of hydrogen-bond acceptors (Lipinski definition) is 5. The lowest BCUT2D eigenvalue weighted by atomic mass is 9.86. The molecule has 0 radical (unpaired) electrons. The molecule has 0 unspecified atom stereocenters. The molecule has 0 amide bonds. The van der Waals surface area contributed by atoms with Gasteiger partial charge in [0.1, 0.15) is 5.82 Å². The van der Waals surface area contributed by atoms with Crippen molar-refractivity contribution < 1.29 is 9.90 Å². The van der Waals surface area contributed by atoms with Gasteiger partial charge in [0.25, 0.3) is 0 Å². The first-order valence-corrected chi connectivity index (χ1v) is 6.82. The number of aliphatic carboxylic acids is 1. The van der Waals surface area contributed by atoms with Gasteiger partial charge in [-0.2, -0.15) is 4.52 Å². The lowest BCUT2D eigenvalue weighted by Crippen LogP contribution is -2.29. The summed E-state index contributed by atoms with van der Waals surface area (Å²) in [7, 11) is 0. The molecule has 2 heterocycles. The molecule has 2 aromatic heterocycles. The van der Waals surface area contributed by atoms with Gasteiger partial charge in [-0.25, -0.2) is 0 Å². The van der Waals surface area contributed by atoms with Crippen LogP contribution in [0, 0.1) is 12.8 Å². The van der Waals surface area contributed by atoms with Crippen LogP contribution in [-0.2, 0) is 4.79 Å². The van der Waals surface area contributed by atoms with Crippen LogP contribution >= 0.6 is 0 Å². The van der Waals surface area contributed by atoms with Crippen molar-refractivity contribution in [2.45, 2.75) is 38.6 Å². The highest BCUT2D eigenvalue weighted by molar-refractivity contribution is 5.70. The van der Waals surface area contributed by atoms with Gasteiger partial charge in [0.15, 0.2) is 11.5 Å². The first kappa shape index (κ1) is 12.8. The average Bonchev–Trinajstić information content (AvgIpc) is 2.81. The summed E-state index contributed by atoms with van der Waals surface area (Å²) in [4.78, 5) is 10.9. The largest absolute Gasteiger partial charge is 0.481 e. The standard InChI is InChI=1S/C13H17N5O2/c1-8-15-16-12-7-6-11(17-18(8)12)14-10-4-2-9(3-5-10)13(19)20/h6-7,9-10H,2-5H2,1H3,(H,14,17)(H,19,20). The molecule has 0 aromatic carbocycles. The van der Waals surface area contributed by atoms with Gasteiger partial charge in [0, 0.05) is 6.04 Å². The second-order valence-corrected chi connectivity index (χ2v) is 5.27. The molecular formula is C13H17N5O2. The molecule has 0 atom stereocenters. The Labute approximate surface area is 116 Å². The first-order chi connectivity index (χ1) is 9.63. The Kier molecular flexibility index (Phi) is 3.25. The van der Waals surface area contributed by atoms with E-state index in [-0.39, 0.29) is 12.0 Å². The molecule has 0 bridgehead atoms. The highest BCUT2D eigenvalue weighted by Crippen LogP contribution is 2.26. The van der Waals surface area contributed by atoms with E-state index in [0.29, 0.717) is 0 Å². The van der Waals surface area contributed by atoms with E-state index in [9.17, 15) is 4.79 Å². The summed E-state index contributed by atoms with van der Waals surface area (Å²) in [5, 5.41) is 24.8. The zero-order chi connectivity index (χ0) is 14.1. The van der Waals surface area contributed by atoms with Gasteiger partial charge < -0.3 is 10.4 Å². The Morgan fingerprint density at radius 2 is 2.05 bits per heavy atom. The lowest BCUT2D eigenvalue weighted by Gasteiger charge is -2.27. The van der Waals surface area contributed by atoms with E-state index in [4.69, 9.17) is 5.11 Å². The van der Waals surface area contributed by atoms with Crippen molar-refractivity contribution in [2.24, 2.45) is 5.92 Å². The molecule has 0 aliphatic heterocycles. The number of rotatable bonds is 3. The zero-order valence-corrected chi connectivity index (χ0v) is 11.3. The molecule has 0 saturated heterocycles. The Morgan fingerprint density at radius 3 is 2.75 bits per heavy atom. The number of anilines is 1. The number of hydrogen-bond donors (Lipinski definition) is 2. The topological polar surface area (TPSA) is 92.4 Å². The van der Waals surface area contributed by atoms with Crippen molar-refractivity contribution in [3.63, 3.8) is 0 Å². The van der Waals surface area contributed by atoms with Crippen molar-refractivity contribution in [3.8, 4) is 0 Å². The maximum atomic E-state index is 10.9. The second-order valence-electron chi connectivity index (χ2n) is 5.27. The Bertz CT molecular complexity index is 631. The summed E-state index contributed by atoms with van der Waals surface area (Å²) in [6, 6.07) is 4.04. The van der Waals surface area contributed by atoms with E-state index in [1.165, 1.54) is 0 Å². The maximum Gasteiger partial charge on any atom is 0.306 e. The molecule has 1 fully saturated rings. The van der Waals surface area contributed by atoms with Crippen LogP contribution in [0.1, 0.15) is 31.5 Å². The van der Waals surface area contributed by atoms with Crippen LogP contribution in [0.2, 0.25) is 0 Å². The second kappa shape index (κ2) is 5.07. The van der Waals surface area contributed by atoms with Crippen LogP contribution < -0.4 is 5.32 Å². The maximum absolute atomic E-state index is 10.9. The Morgan fingerprint density at radius 1 is 1.30 bits per heavy atom. The number of carboxylic acid groups (broad SMARTS) is 1. The molecule has 7 nitrogen and oxygen atoms in total. The van der Waals surface area contributed by atoms with Gasteiger partial charge in [0.05, 0.1) is 5.92 Å². The molecule has 2 aromatic rings. The average molecular weight is 275 g/mol. The third-order valence-electron chi connectivity index (χ3n) is 3.85. The fraction of sp³-hybridized carbons (Fsp3) is 0.538. The van der Waals surface area contributed by atoms with E-state index in [2.05, 4.69) is 20.6 Å². The molecule has 1 aliphatic rings. The number of aryl methyl sites for hydroxylation is 1. The van der Waals surface area contributed by atoms with Crippen LogP contribution in [-0.4, -0.2) is 36.9 Å². The van der Waals surface area contributed by atoms with Crippen LogP contribution in [0.15, 0.2) is 12.1 Å². The molecule has 3 rings (SSSR count). The number of carbonyl (C=O) groups is 1. The molecule has 7 heteroatoms. The quantitative estimate of drug-likeness (QED) is 0.881. The predicted molar refractivity (Wildman–Crippen MR) is 72.5 cm³/mol. The first-order valence-electron chi connectivity index (χ1n) is 6.82. The monoisotopic (exact) mass is 275 g/mol. The van der Waals surface area contributed by atoms with E-state index < -0.39 is 5.97 Å². The summed E-state index contributed by atoms with van der Waals surface area (Å²) in [5.74, 6) is 0.657. The van der Waals surface area contributed by atoms with E-state index >= 15 is 0 Å². The summed E-state index contributed by atoms with van der Waals surface area (Å²) >= 11 is 0. The number of fused-ring (bicyclic) bond motifs is 1. The number of nitrogens with one attached hydrogen (secondary N) is 1. The van der Waals surface area contributed by atoms with Gasteiger partial charge in [-0.3, -0.25) is 4.79 Å². The highest BCUT2D eigenvalue weighted by Gasteiger charge is 2.25. The van der Waals surface area contributed by atoms with E-state index in [0.717, 1.165) is 43.0 Å². The fourth-order valence-corrected chi connectivity index (χ4v) is 2.67. The lowest BCUT2D eigenvalue weighted by molar-refractivity contribution is -0.142. The SMILES string of the molecule is Cc1nnc2ccc(NC3CCC(C(=O)O)CC3)nn12. The van der Waals surface area contributed by atoms with Gasteiger partial charge in [-0.05, 0) is 44.7 Å². The predicted octanol–water partition coefficient (Wildman–Crippen LogP) is 1.49. The fourth-order valence-electron chi connectivity index (χ4n) is 2.67. The normalized spacial score (nSPS) is 22.9. The summed E-state index contributed by atoms with van der Waals surface area (Å²) < 4.78 is 1.70. The number of nitrogens with zero attached hydrogens (tertiary/aromatic N) is 4. The third kappa shape index (κ3) is 2.43. The molecular weight excluding hydrogens is 258 g/mol. The van der Waals surface area contributed by atoms with Gasteiger partial charge in [0.2, 0.25) is 0 Å². The van der Waals surface area contributed by atoms with Crippen LogP contribution in [0.4, 0.5) is 5.82 Å². The van der Waals surface area contributed by atoms with Crippen LogP contribution in [0.3, 0.4) is 0 Å². The van der Waals surface area contributed by atoms with Crippen molar-refractivity contribution in [3.05, 3.63) is 18.0 Å². The molecule has 0 spiro atoms. The van der Waals surface area contributed by atoms with Gasteiger partial charge in [-0.1, -0.05) is 0 Å². The molecule has 106 valence electrons. The zero-order valence-electron chi connectivity index (χ0n) is 11.3. The molecule has 2 N–H and O–H groups in total.